The molecule has 140 valence electrons. The molecule has 7 nitrogen and oxygen atoms in total. The van der Waals surface area contributed by atoms with Crippen molar-refractivity contribution in [3.63, 3.8) is 0 Å². The van der Waals surface area contributed by atoms with Gasteiger partial charge in [-0.05, 0) is 36.8 Å². The van der Waals surface area contributed by atoms with Crippen molar-refractivity contribution in [2.24, 2.45) is 7.05 Å². The molecule has 3 aromatic rings. The molecule has 0 fully saturated rings. The SMILES string of the molecule is COC(=O)c1cccc(NC(=O)CCn2c(=O)n(C)c3ccccc32)c1C. The molecule has 0 unspecified atom stereocenters. The number of hydrogen-bond donors (Lipinski definition) is 1. The number of nitrogens with one attached hydrogen (secondary N) is 1. The third-order valence-electron chi connectivity index (χ3n) is 4.63. The number of carbonyl (C=O) groups excluding carboxylic acids is 2. The van der Waals surface area contributed by atoms with Crippen LogP contribution in [0.15, 0.2) is 47.3 Å². The van der Waals surface area contributed by atoms with Gasteiger partial charge in [-0.1, -0.05) is 18.2 Å². The van der Waals surface area contributed by atoms with Crippen LogP contribution in [0.1, 0.15) is 22.3 Å². The van der Waals surface area contributed by atoms with Crippen molar-refractivity contribution >= 4 is 28.6 Å². The maximum absolute atomic E-state index is 12.4. The molecule has 0 atom stereocenters. The molecule has 0 bridgehead atoms. The summed E-state index contributed by atoms with van der Waals surface area (Å²) in [6.45, 7) is 2.01. The lowest BCUT2D eigenvalue weighted by Gasteiger charge is -2.11. The van der Waals surface area contributed by atoms with E-state index in [9.17, 15) is 14.4 Å². The summed E-state index contributed by atoms with van der Waals surface area (Å²) in [5, 5.41) is 2.81. The lowest BCUT2D eigenvalue weighted by Crippen LogP contribution is -2.24. The van der Waals surface area contributed by atoms with Crippen LogP contribution in [0.5, 0.6) is 0 Å². The molecule has 0 aliphatic heterocycles. The zero-order valence-corrected chi connectivity index (χ0v) is 15.5. The van der Waals surface area contributed by atoms with Crippen molar-refractivity contribution < 1.29 is 14.3 Å². The number of imidazole rings is 1. The number of aryl methyl sites for hydroxylation is 2. The van der Waals surface area contributed by atoms with Crippen molar-refractivity contribution in [3.8, 4) is 0 Å². The number of carbonyl (C=O) groups is 2. The average molecular weight is 367 g/mol. The first-order chi connectivity index (χ1) is 12.9. The zero-order chi connectivity index (χ0) is 19.6. The van der Waals surface area contributed by atoms with E-state index in [0.29, 0.717) is 16.8 Å². The van der Waals surface area contributed by atoms with Crippen LogP contribution in [-0.2, 0) is 23.1 Å². The summed E-state index contributed by atoms with van der Waals surface area (Å²) in [6.07, 6.45) is 0.135. The van der Waals surface area contributed by atoms with Crippen molar-refractivity contribution in [2.45, 2.75) is 19.9 Å². The van der Waals surface area contributed by atoms with E-state index in [1.54, 1.807) is 41.3 Å². The fraction of sp³-hybridized carbons (Fsp3) is 0.250. The van der Waals surface area contributed by atoms with Crippen LogP contribution in [0.3, 0.4) is 0 Å². The first-order valence-electron chi connectivity index (χ1n) is 8.56. The molecular formula is C20H21N3O4. The summed E-state index contributed by atoms with van der Waals surface area (Å²) in [5.74, 6) is -0.689. The summed E-state index contributed by atoms with van der Waals surface area (Å²) in [6, 6.07) is 12.5. The summed E-state index contributed by atoms with van der Waals surface area (Å²) in [7, 11) is 3.03. The fourth-order valence-corrected chi connectivity index (χ4v) is 3.11. The fourth-order valence-electron chi connectivity index (χ4n) is 3.11. The molecular weight excluding hydrogens is 346 g/mol. The summed E-state index contributed by atoms with van der Waals surface area (Å²) in [4.78, 5) is 36.6. The van der Waals surface area contributed by atoms with E-state index in [1.807, 2.05) is 24.3 Å². The molecule has 0 saturated carbocycles. The van der Waals surface area contributed by atoms with Gasteiger partial charge in [-0.3, -0.25) is 13.9 Å². The van der Waals surface area contributed by atoms with E-state index in [-0.39, 0.29) is 24.6 Å². The highest BCUT2D eigenvalue weighted by Gasteiger charge is 2.15. The Hall–Kier alpha value is -3.35. The quantitative estimate of drug-likeness (QED) is 0.703. The van der Waals surface area contributed by atoms with E-state index in [1.165, 1.54) is 7.11 Å². The number of ether oxygens (including phenoxy) is 1. The van der Waals surface area contributed by atoms with Crippen LogP contribution >= 0.6 is 0 Å². The third-order valence-corrected chi connectivity index (χ3v) is 4.63. The molecule has 2 aromatic carbocycles. The van der Waals surface area contributed by atoms with E-state index >= 15 is 0 Å². The number of esters is 1. The molecule has 3 rings (SSSR count). The minimum Gasteiger partial charge on any atom is -0.465 e. The number of amides is 1. The number of rotatable bonds is 5. The minimum atomic E-state index is -0.453. The second-order valence-electron chi connectivity index (χ2n) is 6.25. The maximum Gasteiger partial charge on any atom is 0.338 e. The van der Waals surface area contributed by atoms with E-state index < -0.39 is 5.97 Å². The smallest absolute Gasteiger partial charge is 0.338 e. The Kier molecular flexibility index (Phi) is 5.12. The Balaban J connectivity index is 1.76. The van der Waals surface area contributed by atoms with Gasteiger partial charge in [0.2, 0.25) is 5.91 Å². The van der Waals surface area contributed by atoms with Crippen molar-refractivity contribution in [1.82, 2.24) is 9.13 Å². The number of benzene rings is 2. The Morgan fingerprint density at radius 3 is 2.48 bits per heavy atom. The van der Waals surface area contributed by atoms with Gasteiger partial charge in [0.15, 0.2) is 0 Å². The first-order valence-corrected chi connectivity index (χ1v) is 8.56. The van der Waals surface area contributed by atoms with E-state index in [4.69, 9.17) is 4.74 Å². The molecule has 0 saturated heterocycles. The van der Waals surface area contributed by atoms with Crippen molar-refractivity contribution in [1.29, 1.82) is 0 Å². The van der Waals surface area contributed by atoms with E-state index in [2.05, 4.69) is 5.32 Å². The molecule has 1 heterocycles. The van der Waals surface area contributed by atoms with Crippen LogP contribution in [0.4, 0.5) is 5.69 Å². The monoisotopic (exact) mass is 367 g/mol. The maximum atomic E-state index is 12.4. The molecule has 1 N–H and O–H groups in total. The lowest BCUT2D eigenvalue weighted by atomic mass is 10.1. The van der Waals surface area contributed by atoms with Gasteiger partial charge >= 0.3 is 11.7 Å². The number of methoxy groups -OCH3 is 1. The molecule has 7 heteroatoms. The standard InChI is InChI=1S/C20H21N3O4/c1-13-14(19(25)27-3)7-6-8-15(13)21-18(24)11-12-23-17-10-5-4-9-16(17)22(2)20(23)26/h4-10H,11-12H2,1-3H3,(H,21,24). The van der Waals surface area contributed by atoms with Crippen LogP contribution in [0.2, 0.25) is 0 Å². The van der Waals surface area contributed by atoms with Gasteiger partial charge in [-0.2, -0.15) is 0 Å². The van der Waals surface area contributed by atoms with Crippen LogP contribution in [0.25, 0.3) is 11.0 Å². The number of aromatic nitrogens is 2. The number of hydrogen-bond acceptors (Lipinski definition) is 4. The molecule has 1 aromatic heterocycles. The second kappa shape index (κ2) is 7.49. The first kappa shape index (κ1) is 18.4. The second-order valence-corrected chi connectivity index (χ2v) is 6.25. The minimum absolute atomic E-state index is 0.135. The third kappa shape index (κ3) is 3.48. The Morgan fingerprint density at radius 2 is 1.78 bits per heavy atom. The highest BCUT2D eigenvalue weighted by Crippen LogP contribution is 2.20. The lowest BCUT2D eigenvalue weighted by molar-refractivity contribution is -0.116. The number of fused-ring (bicyclic) bond motifs is 1. The van der Waals surface area contributed by atoms with Gasteiger partial charge in [0.05, 0.1) is 23.7 Å². The predicted octanol–water partition coefficient (Wildman–Crippen LogP) is 2.46. The van der Waals surface area contributed by atoms with Gasteiger partial charge in [0.1, 0.15) is 0 Å². The molecule has 0 aliphatic rings. The van der Waals surface area contributed by atoms with Gasteiger partial charge in [0, 0.05) is 25.7 Å². The Bertz CT molecular complexity index is 1080. The van der Waals surface area contributed by atoms with E-state index in [0.717, 1.165) is 11.0 Å². The molecule has 0 radical (unpaired) electrons. The van der Waals surface area contributed by atoms with Crippen LogP contribution in [0, 0.1) is 6.92 Å². The summed E-state index contributed by atoms with van der Waals surface area (Å²) >= 11 is 0. The van der Waals surface area contributed by atoms with Crippen molar-refractivity contribution in [3.05, 3.63) is 64.1 Å². The number of para-hydroxylation sites is 2. The molecule has 0 spiro atoms. The number of anilines is 1. The average Bonchev–Trinajstić information content (AvgIpc) is 2.92. The van der Waals surface area contributed by atoms with Gasteiger partial charge in [-0.25, -0.2) is 9.59 Å². The van der Waals surface area contributed by atoms with Gasteiger partial charge in [-0.15, -0.1) is 0 Å². The normalized spacial score (nSPS) is 10.8. The molecule has 27 heavy (non-hydrogen) atoms. The summed E-state index contributed by atoms with van der Waals surface area (Å²) < 4.78 is 7.90. The van der Waals surface area contributed by atoms with Crippen LogP contribution in [-0.4, -0.2) is 28.1 Å². The Labute approximate surface area is 156 Å². The molecule has 0 aliphatic carbocycles. The Morgan fingerprint density at radius 1 is 1.07 bits per heavy atom. The highest BCUT2D eigenvalue weighted by molar-refractivity contribution is 5.96. The van der Waals surface area contributed by atoms with Crippen molar-refractivity contribution in [2.75, 3.05) is 12.4 Å². The van der Waals surface area contributed by atoms with Gasteiger partial charge < -0.3 is 10.1 Å². The van der Waals surface area contributed by atoms with Gasteiger partial charge in [0.25, 0.3) is 0 Å². The largest absolute Gasteiger partial charge is 0.465 e. The summed E-state index contributed by atoms with van der Waals surface area (Å²) in [5.41, 5.74) is 3.05. The topological polar surface area (TPSA) is 82.3 Å². The predicted molar refractivity (Wildman–Crippen MR) is 103 cm³/mol. The highest BCUT2D eigenvalue weighted by atomic mass is 16.5. The van der Waals surface area contributed by atoms with Crippen LogP contribution < -0.4 is 11.0 Å². The number of nitrogens with zero attached hydrogens (tertiary/aromatic N) is 2. The molecule has 1 amide bonds. The zero-order valence-electron chi connectivity index (χ0n) is 15.5.